The summed E-state index contributed by atoms with van der Waals surface area (Å²) in [6.45, 7) is 8.25. The quantitative estimate of drug-likeness (QED) is 0.793. The van der Waals surface area contributed by atoms with Crippen molar-refractivity contribution in [2.45, 2.75) is 25.8 Å². The van der Waals surface area contributed by atoms with Crippen molar-refractivity contribution >= 4 is 17.7 Å². The first-order chi connectivity index (χ1) is 13.8. The van der Waals surface area contributed by atoms with E-state index in [9.17, 15) is 0 Å². The van der Waals surface area contributed by atoms with E-state index in [0.29, 0.717) is 12.0 Å². The predicted octanol–water partition coefficient (Wildman–Crippen LogP) is 1.52. The molecule has 8 nitrogen and oxygen atoms in total. The highest BCUT2D eigenvalue weighted by molar-refractivity contribution is 5.47. The van der Waals surface area contributed by atoms with Crippen LogP contribution in [0.5, 0.6) is 0 Å². The Balaban J connectivity index is 1.35. The van der Waals surface area contributed by atoms with E-state index in [0.717, 1.165) is 69.2 Å². The predicted molar refractivity (Wildman–Crippen MR) is 108 cm³/mol. The Morgan fingerprint density at radius 2 is 1.71 bits per heavy atom. The number of ether oxygens (including phenoxy) is 1. The van der Waals surface area contributed by atoms with Gasteiger partial charge in [0.25, 0.3) is 0 Å². The standard InChI is InChI=1S/C20H27N7O/c1-15-12-22-19(23-13-15)26-6-3-16-4-7-27(17(16)14-26)18-2-5-21-20(24-18)25-8-10-28-11-9-25/h2,5,12-13,16-17H,3-4,6-11,14H2,1H3. The van der Waals surface area contributed by atoms with Gasteiger partial charge in [-0.3, -0.25) is 0 Å². The summed E-state index contributed by atoms with van der Waals surface area (Å²) in [7, 11) is 0. The highest BCUT2D eigenvalue weighted by Gasteiger charge is 2.39. The lowest BCUT2D eigenvalue weighted by atomic mass is 9.92. The zero-order valence-corrected chi connectivity index (χ0v) is 16.4. The van der Waals surface area contributed by atoms with E-state index < -0.39 is 0 Å². The number of piperidine rings is 1. The van der Waals surface area contributed by atoms with E-state index >= 15 is 0 Å². The molecule has 3 fully saturated rings. The molecule has 2 unspecified atom stereocenters. The molecule has 5 rings (SSSR count). The third-order valence-corrected chi connectivity index (χ3v) is 6.13. The van der Waals surface area contributed by atoms with Gasteiger partial charge in [-0.2, -0.15) is 4.98 Å². The van der Waals surface area contributed by atoms with Crippen LogP contribution in [0.1, 0.15) is 18.4 Å². The van der Waals surface area contributed by atoms with Gasteiger partial charge in [-0.25, -0.2) is 15.0 Å². The van der Waals surface area contributed by atoms with Crippen LogP contribution in [0, 0.1) is 12.8 Å². The number of nitrogens with zero attached hydrogens (tertiary/aromatic N) is 7. The van der Waals surface area contributed by atoms with E-state index in [-0.39, 0.29) is 0 Å². The van der Waals surface area contributed by atoms with E-state index in [1.54, 1.807) is 0 Å². The SMILES string of the molecule is Cc1cnc(N2CCC3CCN(c4ccnc(N5CCOCC5)n4)C3C2)nc1. The number of hydrogen-bond acceptors (Lipinski definition) is 8. The van der Waals surface area contributed by atoms with Gasteiger partial charge in [0.15, 0.2) is 0 Å². The molecule has 0 aliphatic carbocycles. The molecule has 3 aliphatic heterocycles. The molecule has 8 heteroatoms. The van der Waals surface area contributed by atoms with Crippen LogP contribution in [0.2, 0.25) is 0 Å². The van der Waals surface area contributed by atoms with Gasteiger partial charge in [-0.1, -0.05) is 0 Å². The molecule has 3 saturated heterocycles. The molecule has 0 N–H and O–H groups in total. The van der Waals surface area contributed by atoms with Crippen LogP contribution >= 0.6 is 0 Å². The number of aryl methyl sites for hydroxylation is 1. The van der Waals surface area contributed by atoms with Gasteiger partial charge < -0.3 is 19.4 Å². The van der Waals surface area contributed by atoms with Crippen LogP contribution in [0.3, 0.4) is 0 Å². The minimum Gasteiger partial charge on any atom is -0.378 e. The fraction of sp³-hybridized carbons (Fsp3) is 0.600. The fourth-order valence-corrected chi connectivity index (χ4v) is 4.57. The van der Waals surface area contributed by atoms with E-state index in [1.165, 1.54) is 12.8 Å². The molecule has 0 amide bonds. The minimum atomic E-state index is 0.450. The van der Waals surface area contributed by atoms with E-state index in [1.807, 2.05) is 31.6 Å². The van der Waals surface area contributed by atoms with Crippen LogP contribution < -0.4 is 14.7 Å². The smallest absolute Gasteiger partial charge is 0.227 e. The maximum Gasteiger partial charge on any atom is 0.227 e. The summed E-state index contributed by atoms with van der Waals surface area (Å²) < 4.78 is 5.46. The molecule has 0 saturated carbocycles. The Kier molecular flexibility index (Phi) is 4.72. The summed E-state index contributed by atoms with van der Waals surface area (Å²) in [6.07, 6.45) is 8.10. The second kappa shape index (κ2) is 7.50. The number of morpholine rings is 1. The second-order valence-electron chi connectivity index (χ2n) is 7.92. The molecule has 0 aromatic carbocycles. The summed E-state index contributed by atoms with van der Waals surface area (Å²) in [5.74, 6) is 3.41. The average molecular weight is 381 g/mol. The maximum absolute atomic E-state index is 5.46. The third kappa shape index (κ3) is 3.37. The highest BCUT2D eigenvalue weighted by atomic mass is 16.5. The van der Waals surface area contributed by atoms with Crippen molar-refractivity contribution in [3.05, 3.63) is 30.2 Å². The van der Waals surface area contributed by atoms with Gasteiger partial charge in [0.1, 0.15) is 5.82 Å². The summed E-state index contributed by atoms with van der Waals surface area (Å²) in [5.41, 5.74) is 1.10. The van der Waals surface area contributed by atoms with Gasteiger partial charge >= 0.3 is 0 Å². The number of anilines is 3. The number of aromatic nitrogens is 4. The maximum atomic E-state index is 5.46. The number of fused-ring (bicyclic) bond motifs is 1. The van der Waals surface area contributed by atoms with Gasteiger partial charge in [0, 0.05) is 51.3 Å². The third-order valence-electron chi connectivity index (χ3n) is 6.13. The van der Waals surface area contributed by atoms with Gasteiger partial charge in [-0.15, -0.1) is 0 Å². The first kappa shape index (κ1) is 17.6. The Bertz CT molecular complexity index is 808. The van der Waals surface area contributed by atoms with Crippen molar-refractivity contribution in [3.63, 3.8) is 0 Å². The van der Waals surface area contributed by atoms with Crippen molar-refractivity contribution in [2.75, 3.05) is 60.6 Å². The van der Waals surface area contributed by atoms with Crippen molar-refractivity contribution in [1.82, 2.24) is 19.9 Å². The Hall–Kier alpha value is -2.48. The molecule has 5 heterocycles. The fourth-order valence-electron chi connectivity index (χ4n) is 4.57. The van der Waals surface area contributed by atoms with Crippen molar-refractivity contribution < 1.29 is 4.74 Å². The van der Waals surface area contributed by atoms with Crippen molar-refractivity contribution in [2.24, 2.45) is 5.92 Å². The zero-order valence-electron chi connectivity index (χ0n) is 16.4. The summed E-state index contributed by atoms with van der Waals surface area (Å²) >= 11 is 0. The lowest BCUT2D eigenvalue weighted by Crippen LogP contribution is -2.49. The molecule has 2 aromatic rings. The van der Waals surface area contributed by atoms with Crippen LogP contribution in [0.15, 0.2) is 24.7 Å². The van der Waals surface area contributed by atoms with Crippen LogP contribution in [0.25, 0.3) is 0 Å². The van der Waals surface area contributed by atoms with Gasteiger partial charge in [0.2, 0.25) is 11.9 Å². The molecule has 0 spiro atoms. The molecule has 148 valence electrons. The summed E-state index contributed by atoms with van der Waals surface area (Å²) in [4.78, 5) is 25.5. The Labute approximate surface area is 165 Å². The monoisotopic (exact) mass is 381 g/mol. The average Bonchev–Trinajstić information content (AvgIpc) is 3.18. The molecule has 0 bridgehead atoms. The number of rotatable bonds is 3. The molecular weight excluding hydrogens is 354 g/mol. The number of hydrogen-bond donors (Lipinski definition) is 0. The van der Waals surface area contributed by atoms with Crippen LogP contribution in [-0.4, -0.2) is 71.9 Å². The van der Waals surface area contributed by atoms with Crippen molar-refractivity contribution in [1.29, 1.82) is 0 Å². The lowest BCUT2D eigenvalue weighted by Gasteiger charge is -2.39. The largest absolute Gasteiger partial charge is 0.378 e. The normalized spacial score (nSPS) is 25.1. The summed E-state index contributed by atoms with van der Waals surface area (Å²) in [5, 5.41) is 0. The Morgan fingerprint density at radius 3 is 2.54 bits per heavy atom. The van der Waals surface area contributed by atoms with Crippen molar-refractivity contribution in [3.8, 4) is 0 Å². The minimum absolute atomic E-state index is 0.450. The molecule has 2 aromatic heterocycles. The van der Waals surface area contributed by atoms with Gasteiger partial charge in [-0.05, 0) is 37.3 Å². The second-order valence-corrected chi connectivity index (χ2v) is 7.92. The molecule has 28 heavy (non-hydrogen) atoms. The molecule has 2 atom stereocenters. The van der Waals surface area contributed by atoms with Crippen LogP contribution in [0.4, 0.5) is 17.7 Å². The Morgan fingerprint density at radius 1 is 0.929 bits per heavy atom. The first-order valence-corrected chi connectivity index (χ1v) is 10.2. The lowest BCUT2D eigenvalue weighted by molar-refractivity contribution is 0.122. The first-order valence-electron chi connectivity index (χ1n) is 10.2. The summed E-state index contributed by atoms with van der Waals surface area (Å²) in [6, 6.07) is 2.50. The highest BCUT2D eigenvalue weighted by Crippen LogP contribution is 2.35. The zero-order chi connectivity index (χ0) is 18.9. The molecular formula is C20H27N7O. The van der Waals surface area contributed by atoms with E-state index in [4.69, 9.17) is 9.72 Å². The van der Waals surface area contributed by atoms with Crippen LogP contribution in [-0.2, 0) is 4.74 Å². The van der Waals surface area contributed by atoms with Gasteiger partial charge in [0.05, 0.1) is 19.3 Å². The molecule has 3 aliphatic rings. The molecule has 0 radical (unpaired) electrons. The van der Waals surface area contributed by atoms with E-state index in [2.05, 4.69) is 29.7 Å². The topological polar surface area (TPSA) is 70.5 Å².